The van der Waals surface area contributed by atoms with Crippen LogP contribution in [0.3, 0.4) is 0 Å². The molecule has 0 fully saturated rings. The SMILES string of the molecule is CCOC(OCC)[Si][O-].[Na+]. The summed E-state index contributed by atoms with van der Waals surface area (Å²) in [5, 5.41) is 0. The summed E-state index contributed by atoms with van der Waals surface area (Å²) < 4.78 is 9.82. The predicted octanol–water partition coefficient (Wildman–Crippen LogP) is -3.67. The Kier molecular flexibility index (Phi) is 13.8. The maximum Gasteiger partial charge on any atom is 1.00 e. The Labute approximate surface area is 86.3 Å². The van der Waals surface area contributed by atoms with Gasteiger partial charge in [0.2, 0.25) is 0 Å². The van der Waals surface area contributed by atoms with E-state index in [4.69, 9.17) is 9.47 Å². The van der Waals surface area contributed by atoms with Gasteiger partial charge in [-0.25, -0.2) is 0 Å². The van der Waals surface area contributed by atoms with Crippen LogP contribution in [0, 0.1) is 0 Å². The summed E-state index contributed by atoms with van der Waals surface area (Å²) in [6.45, 7) is 4.76. The fourth-order valence-corrected chi connectivity index (χ4v) is 0.888. The standard InChI is InChI=1S/C5H11O3Si.Na/c1-3-7-5(9-6)8-4-2;/h5H,3-4H2,1-2H3;/q-1;+1. The number of hydrogen-bond acceptors (Lipinski definition) is 3. The van der Waals surface area contributed by atoms with E-state index < -0.39 is 15.7 Å². The van der Waals surface area contributed by atoms with Gasteiger partial charge in [-0.1, -0.05) is 0 Å². The first kappa shape index (κ1) is 13.7. The Morgan fingerprint density at radius 3 is 1.90 bits per heavy atom. The first-order valence-corrected chi connectivity index (χ1v) is 3.94. The molecule has 0 aliphatic heterocycles. The van der Waals surface area contributed by atoms with Crippen molar-refractivity contribution in [3.63, 3.8) is 0 Å². The first-order chi connectivity index (χ1) is 4.35. The smallest absolute Gasteiger partial charge is 0.860 e. The van der Waals surface area contributed by atoms with Crippen LogP contribution in [-0.4, -0.2) is 28.9 Å². The fraction of sp³-hybridized carbons (Fsp3) is 1.00. The summed E-state index contributed by atoms with van der Waals surface area (Å²) in [6.07, 6.45) is 0. The summed E-state index contributed by atoms with van der Waals surface area (Å²) in [5.41, 5.74) is 0. The van der Waals surface area contributed by atoms with Crippen LogP contribution < -0.4 is 34.4 Å². The Morgan fingerprint density at radius 2 is 1.70 bits per heavy atom. The van der Waals surface area contributed by atoms with Crippen molar-refractivity contribution < 1.29 is 43.8 Å². The van der Waals surface area contributed by atoms with E-state index in [0.29, 0.717) is 13.2 Å². The Hall–Kier alpha value is 1.10. The molecule has 0 aromatic carbocycles. The first-order valence-electron chi connectivity index (χ1n) is 2.96. The van der Waals surface area contributed by atoms with E-state index in [2.05, 4.69) is 0 Å². The van der Waals surface area contributed by atoms with Crippen molar-refractivity contribution in [2.24, 2.45) is 0 Å². The largest absolute Gasteiger partial charge is 1.00 e. The maximum absolute atomic E-state index is 10.2. The second-order valence-electron chi connectivity index (χ2n) is 1.36. The van der Waals surface area contributed by atoms with Crippen LogP contribution in [0.5, 0.6) is 0 Å². The monoisotopic (exact) mass is 170 g/mol. The third-order valence-electron chi connectivity index (χ3n) is 0.732. The zero-order valence-electron chi connectivity index (χ0n) is 6.72. The van der Waals surface area contributed by atoms with Crippen LogP contribution in [0.4, 0.5) is 0 Å². The van der Waals surface area contributed by atoms with Gasteiger partial charge in [0.25, 0.3) is 0 Å². The molecule has 3 nitrogen and oxygen atoms in total. The van der Waals surface area contributed by atoms with Crippen molar-refractivity contribution in [2.45, 2.75) is 19.8 Å². The van der Waals surface area contributed by atoms with Crippen LogP contribution in [0.25, 0.3) is 0 Å². The molecule has 0 N–H and O–H groups in total. The molecule has 0 heterocycles. The van der Waals surface area contributed by atoms with Crippen molar-refractivity contribution in [3.8, 4) is 0 Å². The van der Waals surface area contributed by atoms with Gasteiger partial charge in [0.05, 0.1) is 0 Å². The quantitative estimate of drug-likeness (QED) is 0.315. The molecule has 10 heavy (non-hydrogen) atoms. The van der Waals surface area contributed by atoms with Crippen LogP contribution in [0.1, 0.15) is 13.8 Å². The molecule has 0 unspecified atom stereocenters. The number of hydrogen-bond donors (Lipinski definition) is 0. The molecule has 0 bridgehead atoms. The van der Waals surface area contributed by atoms with Crippen LogP contribution in [-0.2, 0) is 9.47 Å². The van der Waals surface area contributed by atoms with Gasteiger partial charge in [-0.3, -0.25) is 0 Å². The Bertz CT molecular complexity index is 58.9. The molecular weight excluding hydrogens is 159 g/mol. The van der Waals surface area contributed by atoms with Crippen LogP contribution in [0.15, 0.2) is 0 Å². The van der Waals surface area contributed by atoms with Crippen LogP contribution >= 0.6 is 0 Å². The van der Waals surface area contributed by atoms with E-state index in [1.807, 2.05) is 13.8 Å². The minimum atomic E-state index is -0.532. The summed E-state index contributed by atoms with van der Waals surface area (Å²) >= 11 is 0. The van der Waals surface area contributed by atoms with Gasteiger partial charge in [-0.15, -0.1) is 0 Å². The molecule has 0 rings (SSSR count). The normalized spacial score (nSPS) is 9.60. The Morgan fingerprint density at radius 1 is 1.30 bits per heavy atom. The van der Waals surface area contributed by atoms with Gasteiger partial charge in [0, 0.05) is 13.2 Å². The fourth-order valence-electron chi connectivity index (χ4n) is 0.419. The van der Waals surface area contributed by atoms with Crippen molar-refractivity contribution >= 4 is 9.76 Å². The zero-order valence-corrected chi connectivity index (χ0v) is 9.72. The second-order valence-corrected chi connectivity index (χ2v) is 2.07. The average molecular weight is 170 g/mol. The van der Waals surface area contributed by atoms with E-state index >= 15 is 0 Å². The summed E-state index contributed by atoms with van der Waals surface area (Å²) in [6, 6.07) is 0. The molecular formula is C5H11NaO3Si. The van der Waals surface area contributed by atoms with Gasteiger partial charge >= 0.3 is 29.6 Å². The predicted molar refractivity (Wildman–Crippen MR) is 32.8 cm³/mol. The molecule has 0 spiro atoms. The minimum Gasteiger partial charge on any atom is -0.860 e. The zero-order chi connectivity index (χ0) is 7.11. The third-order valence-corrected chi connectivity index (χ3v) is 1.26. The number of ether oxygens (including phenoxy) is 2. The third kappa shape index (κ3) is 7.21. The molecule has 0 saturated heterocycles. The molecule has 0 aromatic rings. The molecule has 0 aromatic heterocycles. The van der Waals surface area contributed by atoms with E-state index in [1.54, 1.807) is 0 Å². The number of rotatable bonds is 5. The topological polar surface area (TPSA) is 41.5 Å². The molecule has 0 atom stereocenters. The van der Waals surface area contributed by atoms with Gasteiger partial charge in [0.1, 0.15) is 5.91 Å². The summed E-state index contributed by atoms with van der Waals surface area (Å²) in [4.78, 5) is 10.2. The Balaban J connectivity index is 0. The second kappa shape index (κ2) is 10.1. The van der Waals surface area contributed by atoms with Crippen molar-refractivity contribution in [2.75, 3.05) is 13.2 Å². The summed E-state index contributed by atoms with van der Waals surface area (Å²) in [5.74, 6) is -0.514. The van der Waals surface area contributed by atoms with E-state index in [0.717, 1.165) is 0 Å². The molecule has 0 amide bonds. The van der Waals surface area contributed by atoms with Gasteiger partial charge in [-0.05, 0) is 23.6 Å². The molecule has 0 aliphatic carbocycles. The van der Waals surface area contributed by atoms with E-state index in [1.165, 1.54) is 0 Å². The molecule has 0 saturated carbocycles. The molecule has 54 valence electrons. The van der Waals surface area contributed by atoms with Gasteiger partial charge in [-0.2, -0.15) is 0 Å². The van der Waals surface area contributed by atoms with E-state index in [-0.39, 0.29) is 29.6 Å². The van der Waals surface area contributed by atoms with Crippen molar-refractivity contribution in [1.29, 1.82) is 0 Å². The van der Waals surface area contributed by atoms with E-state index in [9.17, 15) is 4.80 Å². The van der Waals surface area contributed by atoms with Crippen LogP contribution in [0.2, 0.25) is 0 Å². The van der Waals surface area contributed by atoms with Crippen molar-refractivity contribution in [3.05, 3.63) is 0 Å². The summed E-state index contributed by atoms with van der Waals surface area (Å²) in [7, 11) is -0.532. The van der Waals surface area contributed by atoms with Crippen molar-refractivity contribution in [1.82, 2.24) is 0 Å². The minimum absolute atomic E-state index is 0. The molecule has 5 heteroatoms. The molecule has 2 radical (unpaired) electrons. The van der Waals surface area contributed by atoms with Gasteiger partial charge < -0.3 is 14.3 Å². The van der Waals surface area contributed by atoms with Gasteiger partial charge in [0.15, 0.2) is 0 Å². The molecule has 0 aliphatic rings. The maximum atomic E-state index is 10.2. The average Bonchev–Trinajstić information content (AvgIpc) is 1.88.